The third-order valence-electron chi connectivity index (χ3n) is 2.38. The molecule has 0 spiro atoms. The van der Waals surface area contributed by atoms with Crippen molar-refractivity contribution in [2.75, 3.05) is 11.5 Å². The van der Waals surface area contributed by atoms with Crippen LogP contribution in [-0.4, -0.2) is 5.11 Å². The average molecular weight is 214 g/mol. The third kappa shape index (κ3) is 2.45. The van der Waals surface area contributed by atoms with Gasteiger partial charge in [0.05, 0.1) is 0 Å². The maximum atomic E-state index is 9.17. The fourth-order valence-corrected chi connectivity index (χ4v) is 1.70. The number of nitrogen functional groups attached to an aromatic ring is 2. The van der Waals surface area contributed by atoms with E-state index in [1.807, 2.05) is 24.3 Å². The van der Waals surface area contributed by atoms with Crippen molar-refractivity contribution in [1.29, 1.82) is 0 Å². The normalized spacial score (nSPS) is 10.2. The Labute approximate surface area is 94.3 Å². The molecule has 3 heteroatoms. The van der Waals surface area contributed by atoms with Gasteiger partial charge in [-0.3, -0.25) is 0 Å². The van der Waals surface area contributed by atoms with Crippen molar-refractivity contribution in [1.82, 2.24) is 0 Å². The van der Waals surface area contributed by atoms with Gasteiger partial charge in [-0.1, -0.05) is 12.1 Å². The molecule has 0 unspecified atom stereocenters. The van der Waals surface area contributed by atoms with E-state index >= 15 is 0 Å². The van der Waals surface area contributed by atoms with Gasteiger partial charge in [-0.2, -0.15) is 0 Å². The Morgan fingerprint density at radius 1 is 0.812 bits per heavy atom. The van der Waals surface area contributed by atoms with E-state index in [0.717, 1.165) is 17.5 Å². The fourth-order valence-electron chi connectivity index (χ4n) is 1.70. The van der Waals surface area contributed by atoms with E-state index < -0.39 is 0 Å². The molecule has 3 nitrogen and oxygen atoms in total. The zero-order valence-corrected chi connectivity index (χ0v) is 8.85. The number of benzene rings is 2. The molecule has 16 heavy (non-hydrogen) atoms. The van der Waals surface area contributed by atoms with Gasteiger partial charge in [0.25, 0.3) is 0 Å². The molecule has 0 bridgehead atoms. The molecule has 0 radical (unpaired) electrons. The molecule has 0 atom stereocenters. The van der Waals surface area contributed by atoms with Gasteiger partial charge in [0.1, 0.15) is 5.75 Å². The van der Waals surface area contributed by atoms with Crippen LogP contribution < -0.4 is 11.5 Å². The second-order valence-corrected chi connectivity index (χ2v) is 3.85. The molecule has 2 rings (SSSR count). The van der Waals surface area contributed by atoms with Crippen molar-refractivity contribution >= 4 is 11.4 Å². The summed E-state index contributed by atoms with van der Waals surface area (Å²) in [5.74, 6) is 0.274. The van der Waals surface area contributed by atoms with Crippen molar-refractivity contribution in [3.8, 4) is 5.75 Å². The van der Waals surface area contributed by atoms with E-state index in [9.17, 15) is 5.11 Å². The molecule has 0 heterocycles. The molecule has 0 aliphatic rings. The SMILES string of the molecule is Nc1cc(N)cc(Cc2ccc(O)cc2)c1. The lowest BCUT2D eigenvalue weighted by Crippen LogP contribution is -1.94. The Kier molecular flexibility index (Phi) is 2.68. The molecular weight excluding hydrogens is 200 g/mol. The first-order chi connectivity index (χ1) is 7.63. The number of anilines is 2. The number of phenolic OH excluding ortho intramolecular Hbond substituents is 1. The molecule has 0 aromatic heterocycles. The van der Waals surface area contributed by atoms with Crippen molar-refractivity contribution in [2.24, 2.45) is 0 Å². The summed E-state index contributed by atoms with van der Waals surface area (Å²) >= 11 is 0. The summed E-state index contributed by atoms with van der Waals surface area (Å²) in [6, 6.07) is 12.7. The van der Waals surface area contributed by atoms with Crippen LogP contribution in [0.4, 0.5) is 11.4 Å². The van der Waals surface area contributed by atoms with E-state index in [2.05, 4.69) is 0 Å². The van der Waals surface area contributed by atoms with Crippen LogP contribution in [-0.2, 0) is 6.42 Å². The zero-order valence-electron chi connectivity index (χ0n) is 8.85. The predicted octanol–water partition coefficient (Wildman–Crippen LogP) is 2.15. The smallest absolute Gasteiger partial charge is 0.115 e. The molecule has 2 aromatic carbocycles. The molecule has 0 saturated heterocycles. The van der Waals surface area contributed by atoms with Crippen molar-refractivity contribution in [2.45, 2.75) is 6.42 Å². The topological polar surface area (TPSA) is 72.3 Å². The van der Waals surface area contributed by atoms with Crippen molar-refractivity contribution < 1.29 is 5.11 Å². The minimum Gasteiger partial charge on any atom is -0.508 e. The molecule has 5 N–H and O–H groups in total. The second kappa shape index (κ2) is 4.14. The van der Waals surface area contributed by atoms with Crippen LogP contribution in [0.3, 0.4) is 0 Å². The number of phenols is 1. The number of aromatic hydroxyl groups is 1. The van der Waals surface area contributed by atoms with Crippen molar-refractivity contribution in [3.05, 3.63) is 53.6 Å². The Hall–Kier alpha value is -2.16. The Morgan fingerprint density at radius 2 is 1.38 bits per heavy atom. The second-order valence-electron chi connectivity index (χ2n) is 3.85. The van der Waals surface area contributed by atoms with E-state index in [1.54, 1.807) is 18.2 Å². The maximum absolute atomic E-state index is 9.17. The third-order valence-corrected chi connectivity index (χ3v) is 2.38. The van der Waals surface area contributed by atoms with Crippen LogP contribution >= 0.6 is 0 Å². The van der Waals surface area contributed by atoms with E-state index in [1.165, 1.54) is 0 Å². The summed E-state index contributed by atoms with van der Waals surface area (Å²) in [6.07, 6.45) is 0.759. The number of rotatable bonds is 2. The first kappa shape index (κ1) is 10.4. The van der Waals surface area contributed by atoms with Gasteiger partial charge >= 0.3 is 0 Å². The van der Waals surface area contributed by atoms with Crippen LogP contribution in [0.5, 0.6) is 5.75 Å². The number of nitrogens with two attached hydrogens (primary N) is 2. The summed E-state index contributed by atoms with van der Waals surface area (Å²) in [4.78, 5) is 0. The van der Waals surface area contributed by atoms with Crippen molar-refractivity contribution in [3.63, 3.8) is 0 Å². The zero-order chi connectivity index (χ0) is 11.5. The quantitative estimate of drug-likeness (QED) is 0.671. The Balaban J connectivity index is 2.23. The largest absolute Gasteiger partial charge is 0.508 e. The predicted molar refractivity (Wildman–Crippen MR) is 66.2 cm³/mol. The highest BCUT2D eigenvalue weighted by Gasteiger charge is 1.99. The molecule has 0 amide bonds. The van der Waals surface area contributed by atoms with Crippen LogP contribution in [0.1, 0.15) is 11.1 Å². The molecule has 0 aliphatic heterocycles. The highest BCUT2D eigenvalue weighted by atomic mass is 16.3. The minimum absolute atomic E-state index is 0.274. The van der Waals surface area contributed by atoms with Gasteiger partial charge in [0.2, 0.25) is 0 Å². The Bertz CT molecular complexity index is 472. The molecule has 0 aliphatic carbocycles. The lowest BCUT2D eigenvalue weighted by atomic mass is 10.0. The number of hydrogen-bond donors (Lipinski definition) is 3. The van der Waals surface area contributed by atoms with Crippen LogP contribution in [0, 0.1) is 0 Å². The summed E-state index contributed by atoms with van der Waals surface area (Å²) in [7, 11) is 0. The van der Waals surface area contributed by atoms with Gasteiger partial charge in [-0.15, -0.1) is 0 Å². The monoisotopic (exact) mass is 214 g/mol. The van der Waals surface area contributed by atoms with Crippen LogP contribution in [0.15, 0.2) is 42.5 Å². The summed E-state index contributed by atoms with van der Waals surface area (Å²) in [5, 5.41) is 9.17. The van der Waals surface area contributed by atoms with Crippen LogP contribution in [0.25, 0.3) is 0 Å². The first-order valence-electron chi connectivity index (χ1n) is 5.06. The maximum Gasteiger partial charge on any atom is 0.115 e. The van der Waals surface area contributed by atoms with Gasteiger partial charge in [-0.25, -0.2) is 0 Å². The standard InChI is InChI=1S/C13H14N2O/c14-11-6-10(7-12(15)8-11)5-9-1-3-13(16)4-2-9/h1-4,6-8,16H,5,14-15H2. The fraction of sp³-hybridized carbons (Fsp3) is 0.0769. The minimum atomic E-state index is 0.274. The lowest BCUT2D eigenvalue weighted by Gasteiger charge is -2.05. The van der Waals surface area contributed by atoms with E-state index in [-0.39, 0.29) is 5.75 Å². The average Bonchev–Trinajstić information content (AvgIpc) is 2.20. The van der Waals surface area contributed by atoms with Gasteiger partial charge in [-0.05, 0) is 47.9 Å². The van der Waals surface area contributed by atoms with Gasteiger partial charge < -0.3 is 16.6 Å². The van der Waals surface area contributed by atoms with Gasteiger partial charge in [0.15, 0.2) is 0 Å². The molecule has 82 valence electrons. The summed E-state index contributed by atoms with van der Waals surface area (Å²) in [5.41, 5.74) is 15.0. The first-order valence-corrected chi connectivity index (χ1v) is 5.06. The van der Waals surface area contributed by atoms with Crippen LogP contribution in [0.2, 0.25) is 0 Å². The lowest BCUT2D eigenvalue weighted by molar-refractivity contribution is 0.475. The molecule has 0 saturated carbocycles. The molecular formula is C13H14N2O. The molecule has 0 fully saturated rings. The number of hydrogen-bond acceptors (Lipinski definition) is 3. The van der Waals surface area contributed by atoms with E-state index in [4.69, 9.17) is 11.5 Å². The van der Waals surface area contributed by atoms with Gasteiger partial charge in [0, 0.05) is 11.4 Å². The molecule has 2 aromatic rings. The highest BCUT2D eigenvalue weighted by molar-refractivity contribution is 5.55. The Morgan fingerprint density at radius 3 is 1.94 bits per heavy atom. The summed E-state index contributed by atoms with van der Waals surface area (Å²) < 4.78 is 0. The summed E-state index contributed by atoms with van der Waals surface area (Å²) in [6.45, 7) is 0. The van der Waals surface area contributed by atoms with E-state index in [0.29, 0.717) is 11.4 Å². The highest BCUT2D eigenvalue weighted by Crippen LogP contribution is 2.18.